The Morgan fingerprint density at radius 2 is 1.00 bits per heavy atom. The van der Waals surface area contributed by atoms with E-state index in [1.54, 1.807) is 0 Å². The summed E-state index contributed by atoms with van der Waals surface area (Å²) < 4.78 is 33.5. The van der Waals surface area contributed by atoms with Crippen LogP contribution in [0.3, 0.4) is 0 Å². The Bertz CT molecular complexity index is 2830. The largest absolute Gasteiger partial charge is 0.504 e. The SMILES string of the molecule is O=C1C(O)=CC2C(=O)O[C@H]3[C@H](OC(=O)c4cc(O)c(O)c(O)c4)O[C@H](COC(=O)c4cc(O)c(O)c(O)c4)[C@@H](OC(=O)c4cc(O)c(O)c(O)c4C2=C1O)[C@H]3OC(=O)c1cc(O)c(O)c(O)c1. The molecule has 3 aliphatic rings. The average molecular weight is 939 g/mol. The molecule has 1 unspecified atom stereocenters. The summed E-state index contributed by atoms with van der Waals surface area (Å²) in [5, 5.41) is 144. The standard InChI is InChI=1S/C41H30O26/c42-15-1-10(2-16(43)26(15)50)36(57)62-9-23-33-34(65-37(58)11-3-17(44)27(51)18(45)4-11)35(41(63-23)67-38(59)12-5-19(46)28(52)20(47)6-12)66-40(61)14-8-22(49)30(54)32(56)25(14)24-13(39(60)64-33)7-21(48)29(53)31(24)55/h1-8,14,23,33-35,41-53,55-56H,9H2/t14?,23-,33-,34-,35-,41+/m1/s1. The number of aliphatic hydroxyl groups excluding tert-OH is 2. The molecule has 67 heavy (non-hydrogen) atoms. The van der Waals surface area contributed by atoms with Crippen molar-refractivity contribution in [2.75, 3.05) is 6.61 Å². The number of esters is 5. The summed E-state index contributed by atoms with van der Waals surface area (Å²) in [5.41, 5.74) is -5.61. The Kier molecular flexibility index (Phi) is 11.5. The maximum Gasteiger partial charge on any atom is 0.340 e. The van der Waals surface area contributed by atoms with Crippen LogP contribution < -0.4 is 0 Å². The van der Waals surface area contributed by atoms with E-state index in [4.69, 9.17) is 28.4 Å². The molecule has 1 saturated heterocycles. The van der Waals surface area contributed by atoms with Gasteiger partial charge in [-0.1, -0.05) is 0 Å². The molecule has 1 fully saturated rings. The third-order valence-electron chi connectivity index (χ3n) is 10.2. The summed E-state index contributed by atoms with van der Waals surface area (Å²) in [6.07, 6.45) is -11.8. The Morgan fingerprint density at radius 3 is 1.51 bits per heavy atom. The lowest BCUT2D eigenvalue weighted by molar-refractivity contribution is -0.288. The van der Waals surface area contributed by atoms with Gasteiger partial charge in [0.1, 0.15) is 18.6 Å². The molecule has 0 aromatic heterocycles. The van der Waals surface area contributed by atoms with Crippen molar-refractivity contribution in [3.63, 3.8) is 0 Å². The number of Topliss-reactive ketones (excluding diaryl/α,β-unsaturated/α-hetero) is 1. The Morgan fingerprint density at radius 1 is 0.537 bits per heavy atom. The van der Waals surface area contributed by atoms with Crippen LogP contribution in [0.4, 0.5) is 0 Å². The van der Waals surface area contributed by atoms with Gasteiger partial charge in [0.15, 0.2) is 87.0 Å². The van der Waals surface area contributed by atoms with E-state index < -0.39 is 193 Å². The minimum atomic E-state index is -2.57. The van der Waals surface area contributed by atoms with E-state index in [1.165, 1.54) is 0 Å². The monoisotopic (exact) mass is 938 g/mol. The third-order valence-corrected chi connectivity index (χ3v) is 10.2. The number of ketones is 1. The van der Waals surface area contributed by atoms with E-state index in [-0.39, 0.29) is 0 Å². The van der Waals surface area contributed by atoms with Gasteiger partial charge in [-0.15, -0.1) is 0 Å². The molecule has 0 saturated carbocycles. The van der Waals surface area contributed by atoms with E-state index in [1.807, 2.05) is 0 Å². The predicted octanol–water partition coefficient (Wildman–Crippen LogP) is 1.18. The zero-order valence-electron chi connectivity index (χ0n) is 32.9. The normalized spacial score (nSPS) is 21.3. The molecular formula is C41H30O26. The number of phenolic OH excluding ortho intramolecular Hbond substituents is 12. The molecule has 7 rings (SSSR count). The second-order valence-corrected chi connectivity index (χ2v) is 14.4. The first-order valence-electron chi connectivity index (χ1n) is 18.6. The van der Waals surface area contributed by atoms with Crippen molar-refractivity contribution in [3.05, 3.63) is 87.9 Å². The fourth-order valence-electron chi connectivity index (χ4n) is 6.92. The summed E-state index contributed by atoms with van der Waals surface area (Å²) in [7, 11) is 0. The van der Waals surface area contributed by atoms with Gasteiger partial charge in [0.2, 0.25) is 18.1 Å². The maximum atomic E-state index is 14.4. The summed E-state index contributed by atoms with van der Waals surface area (Å²) in [6, 6.07) is 3.82. The number of fused-ring (bicyclic) bond motifs is 5. The van der Waals surface area contributed by atoms with Gasteiger partial charge in [0.05, 0.1) is 22.3 Å². The first-order chi connectivity index (χ1) is 31.5. The van der Waals surface area contributed by atoms with Gasteiger partial charge in [0.25, 0.3) is 5.78 Å². The molecule has 6 atom stereocenters. The van der Waals surface area contributed by atoms with Crippen molar-refractivity contribution in [1.29, 1.82) is 0 Å². The molecule has 2 aliphatic heterocycles. The highest BCUT2D eigenvalue weighted by Gasteiger charge is 2.56. The topological polar surface area (TPSA) is 441 Å². The van der Waals surface area contributed by atoms with E-state index in [2.05, 4.69) is 0 Å². The fourth-order valence-corrected chi connectivity index (χ4v) is 6.92. The van der Waals surface area contributed by atoms with Crippen LogP contribution in [0, 0.1) is 5.92 Å². The molecular weight excluding hydrogens is 908 g/mol. The molecule has 2 bridgehead atoms. The third kappa shape index (κ3) is 8.16. The molecule has 26 heteroatoms. The number of aliphatic hydroxyl groups is 2. The van der Waals surface area contributed by atoms with Gasteiger partial charge >= 0.3 is 29.8 Å². The molecule has 4 aromatic carbocycles. The van der Waals surface area contributed by atoms with Gasteiger partial charge in [0, 0.05) is 11.1 Å². The van der Waals surface area contributed by atoms with Gasteiger partial charge in [-0.05, 0) is 48.5 Å². The Hall–Kier alpha value is -9.46. The lowest BCUT2D eigenvalue weighted by Crippen LogP contribution is -2.63. The van der Waals surface area contributed by atoms with Crippen LogP contribution in [0.5, 0.6) is 69.0 Å². The molecule has 0 amide bonds. The van der Waals surface area contributed by atoms with Gasteiger partial charge < -0.3 is 99.9 Å². The highest BCUT2D eigenvalue weighted by atomic mass is 16.7. The quantitative estimate of drug-likeness (QED) is 0.0702. The second-order valence-electron chi connectivity index (χ2n) is 14.4. The van der Waals surface area contributed by atoms with Crippen molar-refractivity contribution in [1.82, 2.24) is 0 Å². The summed E-state index contributed by atoms with van der Waals surface area (Å²) in [4.78, 5) is 82.6. The van der Waals surface area contributed by atoms with Gasteiger partial charge in [-0.25, -0.2) is 19.2 Å². The minimum Gasteiger partial charge on any atom is -0.504 e. The van der Waals surface area contributed by atoms with Crippen LogP contribution in [0.25, 0.3) is 5.57 Å². The minimum absolute atomic E-state index is 0.395. The van der Waals surface area contributed by atoms with Crippen LogP contribution in [-0.2, 0) is 38.0 Å². The number of hydrogen-bond acceptors (Lipinski definition) is 26. The van der Waals surface area contributed by atoms with E-state index in [0.29, 0.717) is 48.5 Å². The highest BCUT2D eigenvalue weighted by Crippen LogP contribution is 2.49. The summed E-state index contributed by atoms with van der Waals surface area (Å²) in [6.45, 7) is -1.26. The molecule has 14 N–H and O–H groups in total. The predicted molar refractivity (Wildman–Crippen MR) is 207 cm³/mol. The molecule has 0 spiro atoms. The van der Waals surface area contributed by atoms with Crippen LogP contribution in [0.15, 0.2) is 60.1 Å². The lowest BCUT2D eigenvalue weighted by Gasteiger charge is -2.44. The number of phenols is 12. The number of hydrogen-bond donors (Lipinski definition) is 14. The van der Waals surface area contributed by atoms with Crippen molar-refractivity contribution in [2.24, 2.45) is 5.92 Å². The van der Waals surface area contributed by atoms with Crippen molar-refractivity contribution < 1.29 is 129 Å². The second kappa shape index (κ2) is 16.9. The van der Waals surface area contributed by atoms with Gasteiger partial charge in [-0.2, -0.15) is 0 Å². The van der Waals surface area contributed by atoms with E-state index in [0.717, 1.165) is 0 Å². The molecule has 1 aliphatic carbocycles. The molecule has 26 nitrogen and oxygen atoms in total. The van der Waals surface area contributed by atoms with Crippen LogP contribution in [0.1, 0.15) is 47.0 Å². The van der Waals surface area contributed by atoms with E-state index >= 15 is 0 Å². The molecule has 350 valence electrons. The maximum absolute atomic E-state index is 14.4. The Labute approximate surface area is 369 Å². The van der Waals surface area contributed by atoms with Crippen molar-refractivity contribution in [3.8, 4) is 69.0 Å². The van der Waals surface area contributed by atoms with Gasteiger partial charge in [-0.3, -0.25) is 9.59 Å². The van der Waals surface area contributed by atoms with Crippen LogP contribution >= 0.6 is 0 Å². The number of carbonyl (C=O) groups excluding carboxylic acids is 6. The zero-order valence-corrected chi connectivity index (χ0v) is 32.9. The summed E-state index contributed by atoms with van der Waals surface area (Å²) in [5.74, 6) is -29.2. The first kappa shape index (κ1) is 45.6. The van der Waals surface area contributed by atoms with Crippen molar-refractivity contribution >= 4 is 41.2 Å². The smallest absolute Gasteiger partial charge is 0.340 e. The highest BCUT2D eigenvalue weighted by molar-refractivity contribution is 6.16. The molecule has 2 heterocycles. The Balaban J connectivity index is 1.44. The molecule has 0 radical (unpaired) electrons. The number of aromatic hydroxyl groups is 12. The van der Waals surface area contributed by atoms with Crippen LogP contribution in [0.2, 0.25) is 0 Å². The number of benzene rings is 4. The van der Waals surface area contributed by atoms with Crippen LogP contribution in [-0.4, -0.2) is 144 Å². The zero-order chi connectivity index (χ0) is 49.1. The first-order valence-corrected chi connectivity index (χ1v) is 18.6. The number of ether oxygens (including phenoxy) is 6. The average Bonchev–Trinajstić information content (AvgIpc) is 3.28. The lowest BCUT2D eigenvalue weighted by atomic mass is 9.83. The fraction of sp³-hybridized carbons (Fsp3) is 0.171. The molecule has 4 aromatic rings. The number of rotatable bonds is 7. The van der Waals surface area contributed by atoms with Crippen molar-refractivity contribution in [2.45, 2.75) is 30.7 Å². The number of carbonyl (C=O) groups is 6. The van der Waals surface area contributed by atoms with E-state index in [9.17, 15) is 100 Å². The summed E-state index contributed by atoms with van der Waals surface area (Å²) >= 11 is 0.